The van der Waals surface area contributed by atoms with Gasteiger partial charge in [-0.05, 0) is 36.5 Å². The fourth-order valence-corrected chi connectivity index (χ4v) is 3.37. The second kappa shape index (κ2) is 12.6. The second-order valence-corrected chi connectivity index (χ2v) is 7.52. The number of hydrogen-bond acceptors (Lipinski definition) is 2. The summed E-state index contributed by atoms with van der Waals surface area (Å²) in [7, 11) is 0. The highest BCUT2D eigenvalue weighted by atomic mass is 19.1. The summed E-state index contributed by atoms with van der Waals surface area (Å²) < 4.78 is 14.4. The van der Waals surface area contributed by atoms with E-state index < -0.39 is 0 Å². The summed E-state index contributed by atoms with van der Waals surface area (Å²) in [5, 5.41) is 0. The molecule has 1 aromatic carbocycles. The van der Waals surface area contributed by atoms with Crippen LogP contribution in [0.2, 0.25) is 0 Å². The molecule has 0 aliphatic heterocycles. The molecule has 0 unspecified atom stereocenters. The van der Waals surface area contributed by atoms with E-state index in [1.54, 1.807) is 6.07 Å². The average molecular weight is 371 g/mol. The maximum atomic E-state index is 14.4. The molecule has 2 nitrogen and oxygen atoms in total. The van der Waals surface area contributed by atoms with Crippen molar-refractivity contribution in [2.75, 3.05) is 0 Å². The summed E-state index contributed by atoms with van der Waals surface area (Å²) in [5.74, 6) is 0.780. The van der Waals surface area contributed by atoms with Crippen LogP contribution in [0.5, 0.6) is 0 Å². The molecule has 0 aliphatic rings. The van der Waals surface area contributed by atoms with E-state index in [2.05, 4.69) is 23.8 Å². The van der Waals surface area contributed by atoms with Crippen LogP contribution in [0.1, 0.15) is 89.4 Å². The van der Waals surface area contributed by atoms with Crippen LogP contribution in [-0.4, -0.2) is 9.97 Å². The highest BCUT2D eigenvalue weighted by Gasteiger charge is 2.07. The Labute approximate surface area is 164 Å². The highest BCUT2D eigenvalue weighted by molar-refractivity contribution is 5.61. The van der Waals surface area contributed by atoms with Gasteiger partial charge in [-0.1, -0.05) is 77.3 Å². The molecule has 0 bridgehead atoms. The van der Waals surface area contributed by atoms with E-state index in [9.17, 15) is 4.39 Å². The molecule has 0 saturated heterocycles. The number of hydrogen-bond donors (Lipinski definition) is 0. The number of aryl methyl sites for hydroxylation is 2. The Morgan fingerprint density at radius 1 is 0.704 bits per heavy atom. The SMILES string of the molecule is CCCCCCCc1ncc(-c2ccc(CCCCCCC)c(F)c2)cn1. The molecule has 2 rings (SSSR count). The predicted molar refractivity (Wildman–Crippen MR) is 112 cm³/mol. The van der Waals surface area contributed by atoms with Crippen molar-refractivity contribution in [3.05, 3.63) is 47.8 Å². The van der Waals surface area contributed by atoms with Crippen LogP contribution in [0.4, 0.5) is 4.39 Å². The van der Waals surface area contributed by atoms with Gasteiger partial charge in [-0.15, -0.1) is 0 Å². The molecule has 27 heavy (non-hydrogen) atoms. The van der Waals surface area contributed by atoms with Gasteiger partial charge >= 0.3 is 0 Å². The van der Waals surface area contributed by atoms with Crippen LogP contribution < -0.4 is 0 Å². The van der Waals surface area contributed by atoms with E-state index in [0.717, 1.165) is 48.2 Å². The summed E-state index contributed by atoms with van der Waals surface area (Å²) in [5.41, 5.74) is 2.56. The molecule has 2 aromatic rings. The predicted octanol–water partition coefficient (Wildman–Crippen LogP) is 7.31. The molecule has 0 spiro atoms. The number of aromatic nitrogens is 2. The van der Waals surface area contributed by atoms with Crippen LogP contribution >= 0.6 is 0 Å². The molecule has 0 radical (unpaired) electrons. The fourth-order valence-electron chi connectivity index (χ4n) is 3.37. The third-order valence-electron chi connectivity index (χ3n) is 5.15. The third-order valence-corrected chi connectivity index (χ3v) is 5.15. The Morgan fingerprint density at radius 2 is 1.30 bits per heavy atom. The van der Waals surface area contributed by atoms with Gasteiger partial charge in [0, 0.05) is 24.4 Å². The van der Waals surface area contributed by atoms with E-state index in [1.807, 2.05) is 24.5 Å². The summed E-state index contributed by atoms with van der Waals surface area (Å²) in [6.07, 6.45) is 17.6. The smallest absolute Gasteiger partial charge is 0.128 e. The van der Waals surface area contributed by atoms with Gasteiger partial charge in [0.1, 0.15) is 11.6 Å². The van der Waals surface area contributed by atoms with Crippen molar-refractivity contribution in [2.24, 2.45) is 0 Å². The molecule has 1 heterocycles. The first-order chi connectivity index (χ1) is 13.2. The largest absolute Gasteiger partial charge is 0.241 e. The first-order valence-electron chi connectivity index (χ1n) is 10.8. The molecule has 0 fully saturated rings. The Morgan fingerprint density at radius 3 is 1.89 bits per heavy atom. The minimum absolute atomic E-state index is 0.108. The van der Waals surface area contributed by atoms with Crippen molar-refractivity contribution in [1.82, 2.24) is 9.97 Å². The third kappa shape index (κ3) is 7.78. The van der Waals surface area contributed by atoms with Gasteiger partial charge in [-0.2, -0.15) is 0 Å². The van der Waals surface area contributed by atoms with Crippen molar-refractivity contribution in [3.63, 3.8) is 0 Å². The first-order valence-corrected chi connectivity index (χ1v) is 10.8. The fraction of sp³-hybridized carbons (Fsp3) is 0.583. The molecular weight excluding hydrogens is 335 g/mol. The van der Waals surface area contributed by atoms with Crippen LogP contribution in [0.15, 0.2) is 30.6 Å². The summed E-state index contributed by atoms with van der Waals surface area (Å²) in [6.45, 7) is 4.44. The lowest BCUT2D eigenvalue weighted by molar-refractivity contribution is 0.588. The van der Waals surface area contributed by atoms with E-state index in [1.165, 1.54) is 51.4 Å². The zero-order chi connectivity index (χ0) is 19.3. The molecule has 0 aliphatic carbocycles. The van der Waals surface area contributed by atoms with E-state index in [4.69, 9.17) is 0 Å². The Bertz CT molecular complexity index is 652. The standard InChI is InChI=1S/C24H35FN2/c1-3-5-7-9-11-13-20-15-16-21(17-23(20)25)22-18-26-24(27-19-22)14-12-10-8-6-4-2/h15-19H,3-14H2,1-2H3. The molecule has 0 N–H and O–H groups in total. The first kappa shape index (κ1) is 21.5. The number of halogens is 1. The van der Waals surface area contributed by atoms with Crippen molar-refractivity contribution < 1.29 is 4.39 Å². The van der Waals surface area contributed by atoms with Gasteiger partial charge in [0.15, 0.2) is 0 Å². The Kier molecular flexibility index (Phi) is 10.0. The maximum absolute atomic E-state index is 14.4. The van der Waals surface area contributed by atoms with Crippen LogP contribution in [-0.2, 0) is 12.8 Å². The molecule has 1 aromatic heterocycles. The van der Waals surface area contributed by atoms with Crippen LogP contribution in [0, 0.1) is 5.82 Å². The normalized spacial score (nSPS) is 11.1. The molecular formula is C24H35FN2. The zero-order valence-corrected chi connectivity index (χ0v) is 17.1. The van der Waals surface area contributed by atoms with Crippen molar-refractivity contribution in [3.8, 4) is 11.1 Å². The second-order valence-electron chi connectivity index (χ2n) is 7.52. The van der Waals surface area contributed by atoms with Crippen molar-refractivity contribution >= 4 is 0 Å². The zero-order valence-electron chi connectivity index (χ0n) is 17.1. The lowest BCUT2D eigenvalue weighted by atomic mass is 10.0. The molecule has 0 atom stereocenters. The summed E-state index contributed by atoms with van der Waals surface area (Å²) in [6, 6.07) is 5.55. The topological polar surface area (TPSA) is 25.8 Å². The lowest BCUT2D eigenvalue weighted by Crippen LogP contribution is -1.96. The van der Waals surface area contributed by atoms with Crippen LogP contribution in [0.3, 0.4) is 0 Å². The molecule has 0 amide bonds. The molecule has 3 heteroatoms. The number of unbranched alkanes of at least 4 members (excludes halogenated alkanes) is 8. The molecule has 0 saturated carbocycles. The number of benzene rings is 1. The van der Waals surface area contributed by atoms with Crippen molar-refractivity contribution in [2.45, 2.75) is 90.9 Å². The van der Waals surface area contributed by atoms with Gasteiger partial charge < -0.3 is 0 Å². The maximum Gasteiger partial charge on any atom is 0.128 e. The van der Waals surface area contributed by atoms with E-state index in [0.29, 0.717) is 0 Å². The van der Waals surface area contributed by atoms with Crippen LogP contribution in [0.25, 0.3) is 11.1 Å². The Hall–Kier alpha value is -1.77. The van der Waals surface area contributed by atoms with Gasteiger partial charge in [0.2, 0.25) is 0 Å². The minimum atomic E-state index is -0.108. The quantitative estimate of drug-likeness (QED) is 0.345. The lowest BCUT2D eigenvalue weighted by Gasteiger charge is -2.07. The molecule has 148 valence electrons. The van der Waals surface area contributed by atoms with Gasteiger partial charge in [-0.3, -0.25) is 0 Å². The van der Waals surface area contributed by atoms with Gasteiger partial charge in [-0.25, -0.2) is 14.4 Å². The minimum Gasteiger partial charge on any atom is -0.241 e. The van der Waals surface area contributed by atoms with Gasteiger partial charge in [0.05, 0.1) is 0 Å². The summed E-state index contributed by atoms with van der Waals surface area (Å²) in [4.78, 5) is 8.94. The summed E-state index contributed by atoms with van der Waals surface area (Å²) >= 11 is 0. The van der Waals surface area contributed by atoms with E-state index >= 15 is 0 Å². The number of nitrogens with zero attached hydrogens (tertiary/aromatic N) is 2. The number of rotatable bonds is 13. The highest BCUT2D eigenvalue weighted by Crippen LogP contribution is 2.22. The Balaban J connectivity index is 1.85. The van der Waals surface area contributed by atoms with E-state index in [-0.39, 0.29) is 5.82 Å². The van der Waals surface area contributed by atoms with Gasteiger partial charge in [0.25, 0.3) is 0 Å². The monoisotopic (exact) mass is 370 g/mol. The van der Waals surface area contributed by atoms with Crippen molar-refractivity contribution in [1.29, 1.82) is 0 Å². The average Bonchev–Trinajstić information content (AvgIpc) is 2.69.